The van der Waals surface area contributed by atoms with Crippen LogP contribution in [0.15, 0.2) is 12.3 Å². The van der Waals surface area contributed by atoms with E-state index in [9.17, 15) is 0 Å². The topological polar surface area (TPSA) is 40.7 Å². The van der Waals surface area contributed by atoms with Crippen molar-refractivity contribution in [1.82, 2.24) is 15.5 Å². The van der Waals surface area contributed by atoms with Gasteiger partial charge in [-0.2, -0.15) is 5.10 Å². The van der Waals surface area contributed by atoms with Crippen molar-refractivity contribution in [2.45, 2.75) is 45.2 Å². The molecule has 1 saturated carbocycles. The van der Waals surface area contributed by atoms with E-state index in [1.165, 1.54) is 31.4 Å². The second-order valence-corrected chi connectivity index (χ2v) is 4.25. The average molecular weight is 193 g/mol. The van der Waals surface area contributed by atoms with E-state index in [2.05, 4.69) is 22.4 Å². The molecule has 0 saturated heterocycles. The predicted octanol–water partition coefficient (Wildman–Crippen LogP) is 2.08. The maximum atomic E-state index is 3.93. The van der Waals surface area contributed by atoms with Crippen LogP contribution in [-0.4, -0.2) is 16.2 Å². The molecule has 2 N–H and O–H groups in total. The Bertz CT molecular complexity index is 256. The number of H-pyrrole nitrogens is 1. The zero-order chi connectivity index (χ0) is 9.80. The molecule has 0 aromatic carbocycles. The molecule has 0 aliphatic heterocycles. The minimum absolute atomic E-state index is 0.725. The lowest BCUT2D eigenvalue weighted by Gasteiger charge is -2.11. The summed E-state index contributed by atoms with van der Waals surface area (Å²) < 4.78 is 0. The molecule has 1 fully saturated rings. The molecule has 3 heteroatoms. The third-order valence-corrected chi connectivity index (χ3v) is 3.26. The van der Waals surface area contributed by atoms with E-state index in [0.717, 1.165) is 18.5 Å². The lowest BCUT2D eigenvalue weighted by atomic mass is 10.1. The van der Waals surface area contributed by atoms with Gasteiger partial charge in [0.15, 0.2) is 0 Å². The van der Waals surface area contributed by atoms with Gasteiger partial charge in [0.05, 0.1) is 0 Å². The number of hydrogen-bond acceptors (Lipinski definition) is 2. The van der Waals surface area contributed by atoms with Gasteiger partial charge in [-0.15, -0.1) is 0 Å². The van der Waals surface area contributed by atoms with Crippen molar-refractivity contribution >= 4 is 0 Å². The molecule has 0 radical (unpaired) electrons. The fraction of sp³-hybridized carbons (Fsp3) is 0.727. The van der Waals surface area contributed by atoms with E-state index in [-0.39, 0.29) is 0 Å². The summed E-state index contributed by atoms with van der Waals surface area (Å²) in [6.45, 7) is 3.23. The van der Waals surface area contributed by atoms with Crippen LogP contribution in [0.4, 0.5) is 0 Å². The molecular formula is C11H19N3. The summed E-state index contributed by atoms with van der Waals surface area (Å²) >= 11 is 0. The molecule has 1 aliphatic rings. The van der Waals surface area contributed by atoms with E-state index in [1.807, 2.05) is 6.07 Å². The first-order valence-electron chi connectivity index (χ1n) is 5.60. The summed E-state index contributed by atoms with van der Waals surface area (Å²) in [5.41, 5.74) is 1.19. The van der Waals surface area contributed by atoms with Crippen LogP contribution >= 0.6 is 0 Å². The molecule has 2 unspecified atom stereocenters. The van der Waals surface area contributed by atoms with Crippen LogP contribution in [-0.2, 0) is 6.54 Å². The smallest absolute Gasteiger partial charge is 0.0490 e. The van der Waals surface area contributed by atoms with E-state index in [4.69, 9.17) is 0 Å². The molecule has 0 amide bonds. The standard InChI is InChI=1S/C11H19N3/c1-2-9-3-4-10(7-9)12-8-11-5-6-13-14-11/h5-6,9-10,12H,2-4,7-8H2,1H3,(H,13,14). The molecule has 78 valence electrons. The Kier molecular flexibility index (Phi) is 3.19. The van der Waals surface area contributed by atoms with Gasteiger partial charge in [-0.05, 0) is 31.2 Å². The Labute approximate surface area is 85.3 Å². The number of aromatic nitrogens is 2. The number of nitrogens with zero attached hydrogens (tertiary/aromatic N) is 1. The molecule has 3 nitrogen and oxygen atoms in total. The minimum Gasteiger partial charge on any atom is -0.308 e. The largest absolute Gasteiger partial charge is 0.308 e. The third-order valence-electron chi connectivity index (χ3n) is 3.26. The maximum absolute atomic E-state index is 3.93. The SMILES string of the molecule is CCC1CCC(NCc2ccn[nH]2)C1. The van der Waals surface area contributed by atoms with Crippen molar-refractivity contribution in [2.75, 3.05) is 0 Å². The van der Waals surface area contributed by atoms with Crippen LogP contribution in [0.5, 0.6) is 0 Å². The van der Waals surface area contributed by atoms with E-state index in [1.54, 1.807) is 6.20 Å². The quantitative estimate of drug-likeness (QED) is 0.768. The van der Waals surface area contributed by atoms with Crippen molar-refractivity contribution in [3.05, 3.63) is 18.0 Å². The van der Waals surface area contributed by atoms with E-state index >= 15 is 0 Å². The Morgan fingerprint density at radius 2 is 2.50 bits per heavy atom. The Balaban J connectivity index is 1.72. The van der Waals surface area contributed by atoms with Crippen LogP contribution in [0.25, 0.3) is 0 Å². The minimum atomic E-state index is 0.725. The molecule has 1 aromatic heterocycles. The van der Waals surface area contributed by atoms with Crippen LogP contribution in [0.2, 0.25) is 0 Å². The summed E-state index contributed by atoms with van der Waals surface area (Å²) in [5, 5.41) is 10.5. The first-order valence-corrected chi connectivity index (χ1v) is 5.60. The molecule has 1 aromatic rings. The summed E-state index contributed by atoms with van der Waals surface area (Å²) in [6.07, 6.45) is 7.23. The highest BCUT2D eigenvalue weighted by molar-refractivity contribution is 4.97. The molecule has 2 rings (SSSR count). The number of nitrogens with one attached hydrogen (secondary N) is 2. The highest BCUT2D eigenvalue weighted by Gasteiger charge is 2.22. The van der Waals surface area contributed by atoms with Gasteiger partial charge in [0, 0.05) is 24.5 Å². The van der Waals surface area contributed by atoms with Crippen molar-refractivity contribution in [1.29, 1.82) is 0 Å². The molecule has 14 heavy (non-hydrogen) atoms. The predicted molar refractivity (Wildman–Crippen MR) is 56.8 cm³/mol. The molecule has 1 heterocycles. The Morgan fingerprint density at radius 1 is 1.57 bits per heavy atom. The second-order valence-electron chi connectivity index (χ2n) is 4.25. The van der Waals surface area contributed by atoms with Crippen LogP contribution < -0.4 is 5.32 Å². The van der Waals surface area contributed by atoms with Crippen molar-refractivity contribution in [3.63, 3.8) is 0 Å². The van der Waals surface area contributed by atoms with Gasteiger partial charge in [0.1, 0.15) is 0 Å². The zero-order valence-electron chi connectivity index (χ0n) is 8.79. The van der Waals surface area contributed by atoms with E-state index < -0.39 is 0 Å². The summed E-state index contributed by atoms with van der Waals surface area (Å²) in [4.78, 5) is 0. The first kappa shape index (κ1) is 9.71. The molecular weight excluding hydrogens is 174 g/mol. The number of hydrogen-bond donors (Lipinski definition) is 2. The number of aromatic amines is 1. The van der Waals surface area contributed by atoms with Crippen LogP contribution in [0.1, 0.15) is 38.3 Å². The number of rotatable bonds is 4. The van der Waals surface area contributed by atoms with Gasteiger partial charge in [0.25, 0.3) is 0 Å². The third kappa shape index (κ3) is 2.35. The Morgan fingerprint density at radius 3 is 3.14 bits per heavy atom. The molecule has 0 bridgehead atoms. The van der Waals surface area contributed by atoms with Gasteiger partial charge < -0.3 is 5.32 Å². The summed E-state index contributed by atoms with van der Waals surface area (Å²) in [7, 11) is 0. The zero-order valence-corrected chi connectivity index (χ0v) is 8.79. The Hall–Kier alpha value is -0.830. The normalized spacial score (nSPS) is 26.9. The van der Waals surface area contributed by atoms with Crippen LogP contribution in [0.3, 0.4) is 0 Å². The molecule has 2 atom stereocenters. The van der Waals surface area contributed by atoms with Gasteiger partial charge >= 0.3 is 0 Å². The lowest BCUT2D eigenvalue weighted by molar-refractivity contribution is 0.474. The molecule has 1 aliphatic carbocycles. The highest BCUT2D eigenvalue weighted by Crippen LogP contribution is 2.27. The van der Waals surface area contributed by atoms with E-state index in [0.29, 0.717) is 0 Å². The summed E-state index contributed by atoms with van der Waals surface area (Å²) in [5.74, 6) is 0.953. The second kappa shape index (κ2) is 4.60. The van der Waals surface area contributed by atoms with Crippen LogP contribution in [0, 0.1) is 5.92 Å². The van der Waals surface area contributed by atoms with Gasteiger partial charge in [-0.25, -0.2) is 0 Å². The lowest BCUT2D eigenvalue weighted by Crippen LogP contribution is -2.26. The summed E-state index contributed by atoms with van der Waals surface area (Å²) in [6, 6.07) is 2.75. The van der Waals surface area contributed by atoms with Gasteiger partial charge in [-0.3, -0.25) is 5.10 Å². The highest BCUT2D eigenvalue weighted by atomic mass is 15.1. The van der Waals surface area contributed by atoms with Gasteiger partial charge in [-0.1, -0.05) is 13.3 Å². The first-order chi connectivity index (χ1) is 6.88. The van der Waals surface area contributed by atoms with Gasteiger partial charge in [0.2, 0.25) is 0 Å². The monoisotopic (exact) mass is 193 g/mol. The van der Waals surface area contributed by atoms with Crippen molar-refractivity contribution < 1.29 is 0 Å². The van der Waals surface area contributed by atoms with Crippen molar-refractivity contribution in [2.24, 2.45) is 5.92 Å². The fourth-order valence-electron chi connectivity index (χ4n) is 2.27. The maximum Gasteiger partial charge on any atom is 0.0490 e. The fourth-order valence-corrected chi connectivity index (χ4v) is 2.27. The van der Waals surface area contributed by atoms with Crippen molar-refractivity contribution in [3.8, 4) is 0 Å². The average Bonchev–Trinajstić information content (AvgIpc) is 2.86. The molecule has 0 spiro atoms.